The Morgan fingerprint density at radius 3 is 2.76 bits per heavy atom. The van der Waals surface area contributed by atoms with Crippen LogP contribution in [0, 0.1) is 19.3 Å². The number of aryl methyl sites for hydroxylation is 2. The van der Waals surface area contributed by atoms with Crippen molar-refractivity contribution in [1.29, 1.82) is 0 Å². The molecule has 2 aromatic carbocycles. The number of terminal acetylenes is 1. The topological polar surface area (TPSA) is 71.8 Å². The maximum absolute atomic E-state index is 12.0. The Balaban J connectivity index is 1.45. The summed E-state index contributed by atoms with van der Waals surface area (Å²) in [5.74, 6) is 2.90. The van der Waals surface area contributed by atoms with E-state index in [4.69, 9.17) is 6.42 Å². The third-order valence-corrected chi connectivity index (χ3v) is 5.48. The van der Waals surface area contributed by atoms with Crippen LogP contribution in [0.4, 0.5) is 10.6 Å². The molecule has 6 nitrogen and oxygen atoms in total. The van der Waals surface area contributed by atoms with E-state index in [1.807, 2.05) is 30.1 Å². The minimum Gasteiger partial charge on any atom is -0.334 e. The van der Waals surface area contributed by atoms with Crippen molar-refractivity contribution >= 4 is 34.1 Å². The lowest BCUT2D eigenvalue weighted by Gasteiger charge is -2.10. The fourth-order valence-electron chi connectivity index (χ4n) is 3.25. The van der Waals surface area contributed by atoms with Gasteiger partial charge in [-0.15, -0.1) is 17.8 Å². The Labute approximate surface area is 172 Å². The third-order valence-electron chi connectivity index (χ3n) is 4.70. The van der Waals surface area contributed by atoms with Gasteiger partial charge in [0, 0.05) is 24.4 Å². The average Bonchev–Trinajstić information content (AvgIpc) is 3.33. The van der Waals surface area contributed by atoms with E-state index in [-0.39, 0.29) is 6.03 Å². The number of anilines is 1. The van der Waals surface area contributed by atoms with E-state index in [1.54, 1.807) is 5.38 Å². The van der Waals surface area contributed by atoms with E-state index in [2.05, 4.69) is 57.8 Å². The molecule has 2 aromatic heterocycles. The van der Waals surface area contributed by atoms with E-state index >= 15 is 0 Å². The summed E-state index contributed by atoms with van der Waals surface area (Å²) in [5, 5.41) is 13.3. The number of urea groups is 1. The zero-order valence-electron chi connectivity index (χ0n) is 16.1. The SMILES string of the molecule is C#Cc1nc(NC(=O)NCc2ccc(-c3c(C)ccc4c3cnn4C)cc2)cs1. The van der Waals surface area contributed by atoms with E-state index in [9.17, 15) is 4.79 Å². The van der Waals surface area contributed by atoms with Crippen LogP contribution >= 0.6 is 11.3 Å². The van der Waals surface area contributed by atoms with Gasteiger partial charge in [0.05, 0.1) is 11.7 Å². The lowest BCUT2D eigenvalue weighted by Crippen LogP contribution is -2.28. The highest BCUT2D eigenvalue weighted by Crippen LogP contribution is 2.31. The normalized spacial score (nSPS) is 10.7. The quantitative estimate of drug-likeness (QED) is 0.501. The summed E-state index contributed by atoms with van der Waals surface area (Å²) in [4.78, 5) is 16.2. The molecule has 0 spiro atoms. The number of aromatic nitrogens is 3. The zero-order valence-corrected chi connectivity index (χ0v) is 16.9. The second-order valence-corrected chi connectivity index (χ2v) is 7.50. The highest BCUT2D eigenvalue weighted by atomic mass is 32.1. The van der Waals surface area contributed by atoms with Gasteiger partial charge in [0.2, 0.25) is 0 Å². The Kier molecular flexibility index (Phi) is 5.02. The summed E-state index contributed by atoms with van der Waals surface area (Å²) in [5.41, 5.74) is 5.61. The molecule has 2 N–H and O–H groups in total. The lowest BCUT2D eigenvalue weighted by molar-refractivity contribution is 0.251. The van der Waals surface area contributed by atoms with Crippen LogP contribution in [0.15, 0.2) is 48.0 Å². The summed E-state index contributed by atoms with van der Waals surface area (Å²) >= 11 is 1.31. The number of carbonyl (C=O) groups excluding carboxylic acids is 1. The van der Waals surface area contributed by atoms with E-state index < -0.39 is 0 Å². The van der Waals surface area contributed by atoms with Crippen LogP contribution in [0.1, 0.15) is 16.1 Å². The molecular weight excluding hydrogens is 382 g/mol. The standard InChI is InChI=1S/C22H19N5OS/c1-4-20-25-19(13-29-20)26-22(28)23-11-15-6-8-16(9-7-15)21-14(2)5-10-18-17(21)12-24-27(18)3/h1,5-10,12-13H,11H2,2-3H3,(H2,23,26,28). The van der Waals surface area contributed by atoms with E-state index in [0.717, 1.165) is 22.0 Å². The molecule has 0 bridgehead atoms. The number of nitrogens with one attached hydrogen (secondary N) is 2. The summed E-state index contributed by atoms with van der Waals surface area (Å²) in [6.07, 6.45) is 7.19. The molecule has 0 unspecified atom stereocenters. The summed E-state index contributed by atoms with van der Waals surface area (Å²) in [7, 11) is 1.94. The van der Waals surface area contributed by atoms with Crippen molar-refractivity contribution in [3.05, 3.63) is 64.1 Å². The van der Waals surface area contributed by atoms with Crippen LogP contribution in [-0.2, 0) is 13.6 Å². The number of fused-ring (bicyclic) bond motifs is 1. The fourth-order valence-corrected chi connectivity index (χ4v) is 3.80. The minimum atomic E-state index is -0.320. The maximum Gasteiger partial charge on any atom is 0.320 e. The molecule has 4 rings (SSSR count). The number of rotatable bonds is 4. The van der Waals surface area contributed by atoms with Gasteiger partial charge in [0.1, 0.15) is 5.82 Å². The van der Waals surface area contributed by atoms with Gasteiger partial charge >= 0.3 is 6.03 Å². The van der Waals surface area contributed by atoms with Crippen molar-refractivity contribution in [3.8, 4) is 23.5 Å². The zero-order chi connectivity index (χ0) is 20.4. The molecule has 0 radical (unpaired) electrons. The predicted octanol–water partition coefficient (Wildman–Crippen LogP) is 4.31. The Hall–Kier alpha value is -3.63. The van der Waals surface area contributed by atoms with Crippen LogP contribution in [-0.4, -0.2) is 20.8 Å². The molecule has 0 saturated carbocycles. The molecule has 0 fully saturated rings. The Morgan fingerprint density at radius 2 is 2.03 bits per heavy atom. The number of hydrogen-bond acceptors (Lipinski definition) is 4. The number of hydrogen-bond donors (Lipinski definition) is 2. The first kappa shape index (κ1) is 18.7. The smallest absolute Gasteiger partial charge is 0.320 e. The van der Waals surface area contributed by atoms with Crippen LogP contribution in [0.5, 0.6) is 0 Å². The van der Waals surface area contributed by atoms with E-state index in [0.29, 0.717) is 17.4 Å². The molecular formula is C22H19N5OS. The summed E-state index contributed by atoms with van der Waals surface area (Å²) in [6.45, 7) is 2.51. The van der Waals surface area contributed by atoms with Crippen LogP contribution in [0.2, 0.25) is 0 Å². The molecule has 4 aromatic rings. The fraction of sp³-hybridized carbons (Fsp3) is 0.136. The van der Waals surface area contributed by atoms with Gasteiger partial charge in [-0.3, -0.25) is 10.00 Å². The number of thiazole rings is 1. The first-order valence-electron chi connectivity index (χ1n) is 9.03. The predicted molar refractivity (Wildman–Crippen MR) is 117 cm³/mol. The number of amides is 2. The van der Waals surface area contributed by atoms with Gasteiger partial charge in [-0.25, -0.2) is 9.78 Å². The van der Waals surface area contributed by atoms with Gasteiger partial charge in [-0.05, 0) is 41.2 Å². The largest absolute Gasteiger partial charge is 0.334 e. The van der Waals surface area contributed by atoms with Crippen LogP contribution in [0.3, 0.4) is 0 Å². The maximum atomic E-state index is 12.0. The van der Waals surface area contributed by atoms with Gasteiger partial charge in [-0.2, -0.15) is 5.10 Å². The molecule has 29 heavy (non-hydrogen) atoms. The van der Waals surface area contributed by atoms with E-state index in [1.165, 1.54) is 22.5 Å². The molecule has 144 valence electrons. The second-order valence-electron chi connectivity index (χ2n) is 6.65. The number of benzene rings is 2. The van der Waals surface area contributed by atoms with Crippen molar-refractivity contribution in [1.82, 2.24) is 20.1 Å². The van der Waals surface area contributed by atoms with Crippen molar-refractivity contribution in [2.75, 3.05) is 5.32 Å². The Morgan fingerprint density at radius 1 is 1.24 bits per heavy atom. The van der Waals surface area contributed by atoms with Crippen LogP contribution < -0.4 is 10.6 Å². The molecule has 0 saturated heterocycles. The van der Waals surface area contributed by atoms with Crippen LogP contribution in [0.25, 0.3) is 22.0 Å². The molecule has 2 heterocycles. The lowest BCUT2D eigenvalue weighted by atomic mass is 9.96. The van der Waals surface area contributed by atoms with Gasteiger partial charge in [0.15, 0.2) is 5.01 Å². The highest BCUT2D eigenvalue weighted by molar-refractivity contribution is 7.10. The molecule has 0 aliphatic carbocycles. The van der Waals surface area contributed by atoms with Crippen molar-refractivity contribution in [3.63, 3.8) is 0 Å². The average molecular weight is 401 g/mol. The van der Waals surface area contributed by atoms with Gasteiger partial charge in [-0.1, -0.05) is 30.3 Å². The molecule has 2 amide bonds. The summed E-state index contributed by atoms with van der Waals surface area (Å²) in [6, 6.07) is 12.1. The minimum absolute atomic E-state index is 0.320. The Bertz CT molecular complexity index is 1230. The second kappa shape index (κ2) is 7.78. The first-order valence-corrected chi connectivity index (χ1v) is 9.91. The third kappa shape index (κ3) is 3.84. The molecule has 0 aliphatic heterocycles. The van der Waals surface area contributed by atoms with Crippen molar-refractivity contribution < 1.29 is 4.79 Å². The molecule has 0 aliphatic rings. The number of nitrogens with zero attached hydrogens (tertiary/aromatic N) is 3. The van der Waals surface area contributed by atoms with Gasteiger partial charge in [0.25, 0.3) is 0 Å². The molecule has 0 atom stereocenters. The van der Waals surface area contributed by atoms with Crippen molar-refractivity contribution in [2.45, 2.75) is 13.5 Å². The monoisotopic (exact) mass is 401 g/mol. The van der Waals surface area contributed by atoms with Crippen molar-refractivity contribution in [2.24, 2.45) is 7.05 Å². The first-order chi connectivity index (χ1) is 14.0. The highest BCUT2D eigenvalue weighted by Gasteiger charge is 2.11. The molecule has 7 heteroatoms. The number of carbonyl (C=O) groups is 1. The van der Waals surface area contributed by atoms with Gasteiger partial charge < -0.3 is 5.32 Å². The summed E-state index contributed by atoms with van der Waals surface area (Å²) < 4.78 is 1.88.